The highest BCUT2D eigenvalue weighted by Gasteiger charge is 2.11. The molecular weight excluding hydrogens is 240 g/mol. The molecule has 88 valence electrons. The molecule has 1 heterocycles. The highest BCUT2D eigenvalue weighted by molar-refractivity contribution is 7.90. The fraction of sp³-hybridized carbons (Fsp3) is 0. The van der Waals surface area contributed by atoms with Gasteiger partial charge in [0.05, 0.1) is 4.90 Å². The molecule has 2 aromatic rings. The second-order valence-corrected chi connectivity index (χ2v) is 4.89. The molecule has 1 aromatic heterocycles. The lowest BCUT2D eigenvalue weighted by Gasteiger charge is -1.99. The van der Waals surface area contributed by atoms with Crippen LogP contribution in [0.2, 0.25) is 0 Å². The first kappa shape index (κ1) is 11.4. The van der Waals surface area contributed by atoms with Crippen molar-refractivity contribution in [2.24, 2.45) is 4.40 Å². The number of nitrogens with zero attached hydrogens (tertiary/aromatic N) is 2. The van der Waals surface area contributed by atoms with Crippen molar-refractivity contribution < 1.29 is 13.6 Å². The summed E-state index contributed by atoms with van der Waals surface area (Å²) in [6.45, 7) is 0. The zero-order valence-electron chi connectivity index (χ0n) is 8.76. The van der Waals surface area contributed by atoms with Gasteiger partial charge in [-0.3, -0.25) is 0 Å². The SMILES string of the molecule is O=S(=O)(N=c1ccccn1O)c1ccccc1. The summed E-state index contributed by atoms with van der Waals surface area (Å²) in [5, 5.41) is 9.38. The van der Waals surface area contributed by atoms with Crippen LogP contribution in [-0.4, -0.2) is 18.4 Å². The standard InChI is InChI=1S/C11H10N2O3S/c14-13-9-5-4-8-11(13)12-17(15,16)10-6-2-1-3-7-10/h1-9,14H. The van der Waals surface area contributed by atoms with Crippen LogP contribution in [-0.2, 0) is 10.0 Å². The zero-order chi connectivity index (χ0) is 12.3. The molecule has 0 saturated carbocycles. The Morgan fingerprint density at radius 3 is 2.29 bits per heavy atom. The number of hydrogen-bond acceptors (Lipinski definition) is 3. The molecule has 0 aliphatic carbocycles. The van der Waals surface area contributed by atoms with Crippen molar-refractivity contribution >= 4 is 10.0 Å². The fourth-order valence-corrected chi connectivity index (χ4v) is 2.26. The maximum atomic E-state index is 11.9. The van der Waals surface area contributed by atoms with Gasteiger partial charge in [-0.2, -0.15) is 13.1 Å². The van der Waals surface area contributed by atoms with Crippen LogP contribution in [0, 0.1) is 0 Å². The van der Waals surface area contributed by atoms with Crippen LogP contribution >= 0.6 is 0 Å². The molecular formula is C11H10N2O3S. The van der Waals surface area contributed by atoms with Gasteiger partial charge < -0.3 is 5.21 Å². The summed E-state index contributed by atoms with van der Waals surface area (Å²) >= 11 is 0. The van der Waals surface area contributed by atoms with Gasteiger partial charge >= 0.3 is 0 Å². The second-order valence-electron chi connectivity index (χ2n) is 3.28. The van der Waals surface area contributed by atoms with Crippen LogP contribution in [0.1, 0.15) is 0 Å². The Hall–Kier alpha value is -2.08. The molecule has 0 aliphatic heterocycles. The van der Waals surface area contributed by atoms with Gasteiger partial charge in [0.15, 0.2) is 5.49 Å². The topological polar surface area (TPSA) is 71.7 Å². The van der Waals surface area contributed by atoms with Crippen molar-refractivity contribution in [2.45, 2.75) is 4.90 Å². The molecule has 0 atom stereocenters. The molecule has 5 nitrogen and oxygen atoms in total. The number of hydrogen-bond donors (Lipinski definition) is 1. The van der Waals surface area contributed by atoms with Gasteiger partial charge in [0.25, 0.3) is 10.0 Å². The van der Waals surface area contributed by atoms with E-state index in [2.05, 4.69) is 4.40 Å². The molecule has 0 amide bonds. The first-order valence-electron chi connectivity index (χ1n) is 4.82. The van der Waals surface area contributed by atoms with Crippen molar-refractivity contribution in [1.82, 2.24) is 4.73 Å². The van der Waals surface area contributed by atoms with E-state index < -0.39 is 10.0 Å². The van der Waals surface area contributed by atoms with E-state index in [-0.39, 0.29) is 10.4 Å². The van der Waals surface area contributed by atoms with Crippen LogP contribution in [0.25, 0.3) is 0 Å². The smallest absolute Gasteiger partial charge is 0.284 e. The molecule has 1 N–H and O–H groups in total. The summed E-state index contributed by atoms with van der Waals surface area (Å²) in [6, 6.07) is 12.4. The predicted molar refractivity (Wildman–Crippen MR) is 60.8 cm³/mol. The number of benzene rings is 1. The number of rotatable bonds is 2. The summed E-state index contributed by atoms with van der Waals surface area (Å²) in [6.07, 6.45) is 1.30. The van der Waals surface area contributed by atoms with Gasteiger partial charge in [0.2, 0.25) is 0 Å². The fourth-order valence-electron chi connectivity index (χ4n) is 1.27. The third-order valence-corrected chi connectivity index (χ3v) is 3.37. The molecule has 0 fully saturated rings. The summed E-state index contributed by atoms with van der Waals surface area (Å²) in [4.78, 5) is 0.0869. The maximum absolute atomic E-state index is 11.9. The summed E-state index contributed by atoms with van der Waals surface area (Å²) in [5.41, 5.74) is -0.0450. The van der Waals surface area contributed by atoms with Crippen molar-refractivity contribution in [1.29, 1.82) is 0 Å². The average molecular weight is 250 g/mol. The Bertz CT molecular complexity index is 675. The lowest BCUT2D eigenvalue weighted by atomic mass is 10.4. The highest BCUT2D eigenvalue weighted by atomic mass is 32.2. The van der Waals surface area contributed by atoms with E-state index in [1.807, 2.05) is 0 Å². The van der Waals surface area contributed by atoms with Gasteiger partial charge in [-0.1, -0.05) is 24.3 Å². The molecule has 0 radical (unpaired) electrons. The zero-order valence-corrected chi connectivity index (χ0v) is 9.58. The third kappa shape index (κ3) is 2.54. The van der Waals surface area contributed by atoms with Crippen molar-refractivity contribution in [3.05, 3.63) is 60.2 Å². The molecule has 1 aromatic carbocycles. The Morgan fingerprint density at radius 2 is 1.65 bits per heavy atom. The van der Waals surface area contributed by atoms with Crippen LogP contribution in [0.5, 0.6) is 0 Å². The molecule has 0 bridgehead atoms. The third-order valence-electron chi connectivity index (χ3n) is 2.07. The Labute approximate surface area is 98.3 Å². The largest absolute Gasteiger partial charge is 0.427 e. The summed E-state index contributed by atoms with van der Waals surface area (Å²) < 4.78 is 27.9. The summed E-state index contributed by atoms with van der Waals surface area (Å²) in [5.74, 6) is 0. The average Bonchev–Trinajstić information content (AvgIpc) is 2.33. The number of aromatic nitrogens is 1. The van der Waals surface area contributed by atoms with Crippen LogP contribution in [0.4, 0.5) is 0 Å². The lowest BCUT2D eigenvalue weighted by Crippen LogP contribution is -2.19. The Balaban J connectivity index is 2.57. The molecule has 0 aliphatic rings. The first-order valence-corrected chi connectivity index (χ1v) is 6.26. The second kappa shape index (κ2) is 4.42. The van der Waals surface area contributed by atoms with Crippen LogP contribution in [0.3, 0.4) is 0 Å². The minimum absolute atomic E-state index is 0.0450. The molecule has 17 heavy (non-hydrogen) atoms. The minimum Gasteiger partial charge on any atom is -0.427 e. The monoisotopic (exact) mass is 250 g/mol. The maximum Gasteiger partial charge on any atom is 0.284 e. The van der Waals surface area contributed by atoms with E-state index in [1.54, 1.807) is 30.3 Å². The summed E-state index contributed by atoms with van der Waals surface area (Å²) in [7, 11) is -3.79. The van der Waals surface area contributed by atoms with E-state index in [4.69, 9.17) is 0 Å². The van der Waals surface area contributed by atoms with E-state index in [0.29, 0.717) is 4.73 Å². The number of pyridine rings is 1. The van der Waals surface area contributed by atoms with Gasteiger partial charge in [0.1, 0.15) is 0 Å². The lowest BCUT2D eigenvalue weighted by molar-refractivity contribution is 0.172. The van der Waals surface area contributed by atoms with E-state index in [9.17, 15) is 13.6 Å². The van der Waals surface area contributed by atoms with E-state index >= 15 is 0 Å². The van der Waals surface area contributed by atoms with Crippen LogP contribution in [0.15, 0.2) is 64.0 Å². The van der Waals surface area contributed by atoms with E-state index in [1.165, 1.54) is 24.4 Å². The predicted octanol–water partition coefficient (Wildman–Crippen LogP) is 1.02. The van der Waals surface area contributed by atoms with Gasteiger partial charge in [-0.25, -0.2) is 0 Å². The molecule has 2 rings (SSSR count). The first-order chi connectivity index (χ1) is 8.09. The molecule has 0 unspecified atom stereocenters. The van der Waals surface area contributed by atoms with Gasteiger partial charge in [-0.15, -0.1) is 4.40 Å². The van der Waals surface area contributed by atoms with E-state index in [0.717, 1.165) is 0 Å². The van der Waals surface area contributed by atoms with Crippen molar-refractivity contribution in [2.75, 3.05) is 0 Å². The van der Waals surface area contributed by atoms with Gasteiger partial charge in [-0.05, 0) is 24.3 Å². The minimum atomic E-state index is -3.79. The number of sulfonamides is 1. The normalized spacial score (nSPS) is 12.6. The molecule has 0 spiro atoms. The van der Waals surface area contributed by atoms with Crippen molar-refractivity contribution in [3.63, 3.8) is 0 Å². The highest BCUT2D eigenvalue weighted by Crippen LogP contribution is 2.09. The van der Waals surface area contributed by atoms with Crippen molar-refractivity contribution in [3.8, 4) is 0 Å². The van der Waals surface area contributed by atoms with Gasteiger partial charge in [0, 0.05) is 6.20 Å². The van der Waals surface area contributed by atoms with Crippen LogP contribution < -0.4 is 5.49 Å². The Morgan fingerprint density at radius 1 is 1.00 bits per heavy atom. The quantitative estimate of drug-likeness (QED) is 0.809. The Kier molecular flexibility index (Phi) is 2.97. The molecule has 6 heteroatoms. The molecule has 0 saturated heterocycles.